The zero-order valence-electron chi connectivity index (χ0n) is 7.34. The van der Waals surface area contributed by atoms with Crippen LogP contribution in [0.1, 0.15) is 33.1 Å². The lowest BCUT2D eigenvalue weighted by Crippen LogP contribution is -2.05. The Balaban J connectivity index is 2.42. The molecule has 0 bridgehead atoms. The van der Waals surface area contributed by atoms with E-state index in [1.165, 1.54) is 0 Å². The number of hydrogen-bond acceptors (Lipinski definition) is 1. The van der Waals surface area contributed by atoms with Gasteiger partial charge in [0.15, 0.2) is 0 Å². The molecule has 0 amide bonds. The van der Waals surface area contributed by atoms with Crippen molar-refractivity contribution in [3.05, 3.63) is 12.2 Å². The van der Waals surface area contributed by atoms with Crippen LogP contribution in [0.5, 0.6) is 0 Å². The zero-order valence-corrected chi connectivity index (χ0v) is 7.34. The average Bonchev–Trinajstić information content (AvgIpc) is 2.36. The molecular formula is C10H16O. The van der Waals surface area contributed by atoms with Gasteiger partial charge in [-0.05, 0) is 25.2 Å². The molecule has 0 aromatic rings. The molecule has 1 fully saturated rings. The van der Waals surface area contributed by atoms with Crippen LogP contribution in [0.4, 0.5) is 0 Å². The molecule has 1 saturated carbocycles. The van der Waals surface area contributed by atoms with Crippen molar-refractivity contribution < 1.29 is 4.79 Å². The summed E-state index contributed by atoms with van der Waals surface area (Å²) in [6.07, 6.45) is 7.00. The summed E-state index contributed by atoms with van der Waals surface area (Å²) in [4.78, 5) is 10.9. The maximum atomic E-state index is 10.9. The molecule has 0 N–H and O–H groups in total. The number of allylic oxidation sites excluding steroid dienone is 2. The molecule has 2 atom stereocenters. The Labute approximate surface area is 68.5 Å². The highest BCUT2D eigenvalue weighted by atomic mass is 16.1. The lowest BCUT2D eigenvalue weighted by molar-refractivity contribution is -0.117. The predicted molar refractivity (Wildman–Crippen MR) is 46.3 cm³/mol. The van der Waals surface area contributed by atoms with Gasteiger partial charge in [-0.3, -0.25) is 4.79 Å². The summed E-state index contributed by atoms with van der Waals surface area (Å²) in [5.41, 5.74) is 0. The SMILES string of the molecule is C/C=C/[C@@H](C)[C@H]1CCC(=O)C1. The fraction of sp³-hybridized carbons (Fsp3) is 0.700. The molecule has 1 rings (SSSR count). The van der Waals surface area contributed by atoms with Crippen molar-refractivity contribution in [3.8, 4) is 0 Å². The minimum absolute atomic E-state index is 0.450. The molecule has 0 aromatic heterocycles. The van der Waals surface area contributed by atoms with Crippen LogP contribution >= 0.6 is 0 Å². The highest BCUT2D eigenvalue weighted by molar-refractivity contribution is 5.80. The van der Waals surface area contributed by atoms with Crippen LogP contribution in [0.2, 0.25) is 0 Å². The number of carbonyl (C=O) groups is 1. The van der Waals surface area contributed by atoms with E-state index < -0.39 is 0 Å². The molecule has 1 nitrogen and oxygen atoms in total. The van der Waals surface area contributed by atoms with Gasteiger partial charge in [0.05, 0.1) is 0 Å². The van der Waals surface area contributed by atoms with Gasteiger partial charge < -0.3 is 0 Å². The van der Waals surface area contributed by atoms with Gasteiger partial charge in [0.2, 0.25) is 0 Å². The topological polar surface area (TPSA) is 17.1 Å². The van der Waals surface area contributed by atoms with Crippen LogP contribution in [-0.4, -0.2) is 5.78 Å². The van der Waals surface area contributed by atoms with Gasteiger partial charge in [-0.1, -0.05) is 19.1 Å². The molecule has 1 aliphatic rings. The quantitative estimate of drug-likeness (QED) is 0.556. The zero-order chi connectivity index (χ0) is 8.27. The van der Waals surface area contributed by atoms with Gasteiger partial charge in [0.1, 0.15) is 5.78 Å². The highest BCUT2D eigenvalue weighted by Crippen LogP contribution is 2.29. The number of carbonyl (C=O) groups excluding carboxylic acids is 1. The third-order valence-electron chi connectivity index (χ3n) is 2.52. The first-order chi connectivity index (χ1) is 5.24. The highest BCUT2D eigenvalue weighted by Gasteiger charge is 2.24. The van der Waals surface area contributed by atoms with Crippen LogP contribution in [0.15, 0.2) is 12.2 Å². The molecule has 0 unspecified atom stereocenters. The predicted octanol–water partition coefficient (Wildman–Crippen LogP) is 2.57. The molecule has 0 aromatic carbocycles. The van der Waals surface area contributed by atoms with E-state index in [2.05, 4.69) is 19.1 Å². The van der Waals surface area contributed by atoms with Crippen molar-refractivity contribution in [1.29, 1.82) is 0 Å². The number of ketones is 1. The Bertz CT molecular complexity index is 170. The third-order valence-corrected chi connectivity index (χ3v) is 2.52. The summed E-state index contributed by atoms with van der Waals surface area (Å²) in [6, 6.07) is 0. The molecule has 1 aliphatic carbocycles. The number of Topliss-reactive ketones (excluding diaryl/α,β-unsaturated/α-hetero) is 1. The minimum atomic E-state index is 0.450. The van der Waals surface area contributed by atoms with Gasteiger partial charge in [0.25, 0.3) is 0 Å². The third kappa shape index (κ3) is 2.18. The summed E-state index contributed by atoms with van der Waals surface area (Å²) in [6.45, 7) is 4.23. The molecule has 11 heavy (non-hydrogen) atoms. The van der Waals surface area contributed by atoms with E-state index in [9.17, 15) is 4.79 Å². The van der Waals surface area contributed by atoms with Gasteiger partial charge in [-0.25, -0.2) is 0 Å². The Morgan fingerprint density at radius 2 is 2.36 bits per heavy atom. The fourth-order valence-corrected chi connectivity index (χ4v) is 1.75. The van der Waals surface area contributed by atoms with E-state index in [1.807, 2.05) is 6.92 Å². The van der Waals surface area contributed by atoms with Crippen molar-refractivity contribution in [2.45, 2.75) is 33.1 Å². The summed E-state index contributed by atoms with van der Waals surface area (Å²) >= 11 is 0. The number of hydrogen-bond donors (Lipinski definition) is 0. The van der Waals surface area contributed by atoms with E-state index in [1.54, 1.807) is 0 Å². The first kappa shape index (κ1) is 8.51. The Morgan fingerprint density at radius 1 is 1.64 bits per heavy atom. The monoisotopic (exact) mass is 152 g/mol. The Morgan fingerprint density at radius 3 is 2.82 bits per heavy atom. The second kappa shape index (κ2) is 3.70. The van der Waals surface area contributed by atoms with Crippen LogP contribution < -0.4 is 0 Å². The summed E-state index contributed by atoms with van der Waals surface area (Å²) < 4.78 is 0. The van der Waals surface area contributed by atoms with Crippen LogP contribution in [-0.2, 0) is 4.79 Å². The lowest BCUT2D eigenvalue weighted by atomic mass is 9.92. The Kier molecular flexibility index (Phi) is 2.86. The van der Waals surface area contributed by atoms with Crippen LogP contribution in [0.25, 0.3) is 0 Å². The molecular weight excluding hydrogens is 136 g/mol. The van der Waals surface area contributed by atoms with Crippen molar-refractivity contribution in [2.75, 3.05) is 0 Å². The van der Waals surface area contributed by atoms with Gasteiger partial charge in [-0.2, -0.15) is 0 Å². The first-order valence-electron chi connectivity index (χ1n) is 4.38. The molecule has 0 spiro atoms. The summed E-state index contributed by atoms with van der Waals surface area (Å²) in [7, 11) is 0. The molecule has 0 aliphatic heterocycles. The standard InChI is InChI=1S/C10H16O/c1-3-4-8(2)9-5-6-10(11)7-9/h3-4,8-9H,5-7H2,1-2H3/b4-3+/t8-,9+/m1/s1. The maximum Gasteiger partial charge on any atom is 0.133 e. The van der Waals surface area contributed by atoms with Crippen molar-refractivity contribution in [3.63, 3.8) is 0 Å². The van der Waals surface area contributed by atoms with E-state index in [-0.39, 0.29) is 0 Å². The normalized spacial score (nSPS) is 28.2. The van der Waals surface area contributed by atoms with Crippen molar-refractivity contribution in [2.24, 2.45) is 11.8 Å². The van der Waals surface area contributed by atoms with Crippen molar-refractivity contribution in [1.82, 2.24) is 0 Å². The largest absolute Gasteiger partial charge is 0.300 e. The molecule has 0 heterocycles. The van der Waals surface area contributed by atoms with Crippen molar-refractivity contribution >= 4 is 5.78 Å². The fourth-order valence-electron chi connectivity index (χ4n) is 1.75. The lowest BCUT2D eigenvalue weighted by Gasteiger charge is -2.12. The molecule has 0 saturated heterocycles. The van der Waals surface area contributed by atoms with E-state index in [0.717, 1.165) is 19.3 Å². The van der Waals surface area contributed by atoms with Crippen LogP contribution in [0, 0.1) is 11.8 Å². The second-order valence-electron chi connectivity index (χ2n) is 3.43. The smallest absolute Gasteiger partial charge is 0.133 e. The van der Waals surface area contributed by atoms with Gasteiger partial charge in [-0.15, -0.1) is 0 Å². The molecule has 0 radical (unpaired) electrons. The minimum Gasteiger partial charge on any atom is -0.300 e. The van der Waals surface area contributed by atoms with E-state index in [0.29, 0.717) is 17.6 Å². The maximum absolute atomic E-state index is 10.9. The second-order valence-corrected chi connectivity index (χ2v) is 3.43. The van der Waals surface area contributed by atoms with E-state index >= 15 is 0 Å². The van der Waals surface area contributed by atoms with Gasteiger partial charge in [0, 0.05) is 12.8 Å². The average molecular weight is 152 g/mol. The first-order valence-corrected chi connectivity index (χ1v) is 4.38. The summed E-state index contributed by atoms with van der Waals surface area (Å²) in [5, 5.41) is 0. The van der Waals surface area contributed by atoms with Gasteiger partial charge >= 0.3 is 0 Å². The summed E-state index contributed by atoms with van der Waals surface area (Å²) in [5.74, 6) is 1.66. The molecule has 1 heteroatoms. The Hall–Kier alpha value is -0.590. The number of rotatable bonds is 2. The molecule has 62 valence electrons. The van der Waals surface area contributed by atoms with Crippen LogP contribution in [0.3, 0.4) is 0 Å². The van der Waals surface area contributed by atoms with E-state index in [4.69, 9.17) is 0 Å².